The van der Waals surface area contributed by atoms with Crippen LogP contribution in [0.1, 0.15) is 42.4 Å². The van der Waals surface area contributed by atoms with Gasteiger partial charge in [0, 0.05) is 6.54 Å². The number of carbonyl (C=O) groups is 2. The number of carboxylic acid groups (broad SMARTS) is 1. The first-order chi connectivity index (χ1) is 9.99. The molecule has 0 saturated heterocycles. The molecule has 1 aliphatic carbocycles. The molecule has 1 aromatic rings. The molecular weight excluding hydrogens is 266 g/mol. The second-order valence-electron chi connectivity index (χ2n) is 5.98. The van der Waals surface area contributed by atoms with E-state index in [1.807, 2.05) is 26.0 Å². The largest absolute Gasteiger partial charge is 0.481 e. The highest BCUT2D eigenvalue weighted by Gasteiger charge is 2.35. The number of carbonyl (C=O) groups excluding carboxylic acids is 1. The van der Waals surface area contributed by atoms with Crippen molar-refractivity contribution in [2.45, 2.75) is 46.1 Å². The summed E-state index contributed by atoms with van der Waals surface area (Å²) >= 11 is 0. The fraction of sp³-hybridized carbons (Fsp3) is 0.529. The van der Waals surface area contributed by atoms with Crippen LogP contribution in [0.4, 0.5) is 0 Å². The number of amides is 1. The van der Waals surface area contributed by atoms with Crippen molar-refractivity contribution >= 4 is 11.9 Å². The lowest BCUT2D eigenvalue weighted by Gasteiger charge is -2.27. The molecule has 1 saturated carbocycles. The van der Waals surface area contributed by atoms with E-state index in [0.29, 0.717) is 19.4 Å². The maximum absolute atomic E-state index is 12.3. The number of benzene rings is 1. The van der Waals surface area contributed by atoms with E-state index in [9.17, 15) is 14.7 Å². The Labute approximate surface area is 125 Å². The van der Waals surface area contributed by atoms with E-state index in [-0.39, 0.29) is 11.8 Å². The van der Waals surface area contributed by atoms with E-state index < -0.39 is 11.9 Å². The molecule has 4 nitrogen and oxygen atoms in total. The second kappa shape index (κ2) is 6.74. The molecule has 4 heteroatoms. The van der Waals surface area contributed by atoms with Gasteiger partial charge in [0.25, 0.3) is 0 Å². The van der Waals surface area contributed by atoms with E-state index in [1.165, 1.54) is 0 Å². The Hall–Kier alpha value is -1.84. The van der Waals surface area contributed by atoms with Gasteiger partial charge in [-0.25, -0.2) is 0 Å². The van der Waals surface area contributed by atoms with E-state index in [2.05, 4.69) is 11.4 Å². The molecular formula is C17H23NO3. The highest BCUT2D eigenvalue weighted by Crippen LogP contribution is 2.30. The summed E-state index contributed by atoms with van der Waals surface area (Å²) in [5.74, 6) is -1.89. The monoisotopic (exact) mass is 289 g/mol. The van der Waals surface area contributed by atoms with Gasteiger partial charge in [0.05, 0.1) is 11.8 Å². The lowest BCUT2D eigenvalue weighted by molar-refractivity contribution is -0.148. The van der Waals surface area contributed by atoms with Gasteiger partial charge in [-0.1, -0.05) is 36.6 Å². The van der Waals surface area contributed by atoms with Crippen LogP contribution in [0, 0.1) is 25.7 Å². The van der Waals surface area contributed by atoms with Crippen molar-refractivity contribution in [1.29, 1.82) is 0 Å². The van der Waals surface area contributed by atoms with E-state index in [1.54, 1.807) is 0 Å². The summed E-state index contributed by atoms with van der Waals surface area (Å²) < 4.78 is 0. The van der Waals surface area contributed by atoms with E-state index >= 15 is 0 Å². The summed E-state index contributed by atoms with van der Waals surface area (Å²) in [5.41, 5.74) is 3.39. The third kappa shape index (κ3) is 3.84. The van der Waals surface area contributed by atoms with Crippen molar-refractivity contribution < 1.29 is 14.7 Å². The van der Waals surface area contributed by atoms with Gasteiger partial charge in [0.2, 0.25) is 5.91 Å². The predicted octanol–water partition coefficient (Wildman–Crippen LogP) is 2.81. The smallest absolute Gasteiger partial charge is 0.307 e. The standard InChI is InChI=1S/C17H23NO3/c1-11-7-8-12(2)13(9-11)10-18-16(19)14-5-3-4-6-15(14)17(20)21/h7-9,14-15H,3-6,10H2,1-2H3,(H,18,19)(H,20,21). The third-order valence-corrected chi connectivity index (χ3v) is 4.38. The first-order valence-corrected chi connectivity index (χ1v) is 7.55. The molecule has 0 radical (unpaired) electrons. The van der Waals surface area contributed by atoms with Gasteiger partial charge in [-0.05, 0) is 37.8 Å². The van der Waals surface area contributed by atoms with Crippen molar-refractivity contribution in [1.82, 2.24) is 5.32 Å². The van der Waals surface area contributed by atoms with Crippen LogP contribution in [0.15, 0.2) is 18.2 Å². The molecule has 2 rings (SSSR count). The zero-order valence-corrected chi connectivity index (χ0v) is 12.7. The van der Waals surface area contributed by atoms with Crippen LogP contribution < -0.4 is 5.32 Å². The molecule has 0 heterocycles. The molecule has 1 aliphatic rings. The van der Waals surface area contributed by atoms with E-state index in [4.69, 9.17) is 0 Å². The summed E-state index contributed by atoms with van der Waals surface area (Å²) in [6, 6.07) is 6.14. The average molecular weight is 289 g/mol. The Morgan fingerprint density at radius 1 is 1.19 bits per heavy atom. The van der Waals surface area contributed by atoms with E-state index in [0.717, 1.165) is 29.5 Å². The van der Waals surface area contributed by atoms with Crippen molar-refractivity contribution in [3.63, 3.8) is 0 Å². The molecule has 2 N–H and O–H groups in total. The highest BCUT2D eigenvalue weighted by atomic mass is 16.4. The summed E-state index contributed by atoms with van der Waals surface area (Å²) in [6.45, 7) is 4.50. The van der Waals surface area contributed by atoms with Gasteiger partial charge in [-0.15, -0.1) is 0 Å². The number of carboxylic acids is 1. The maximum atomic E-state index is 12.3. The summed E-state index contributed by atoms with van der Waals surface area (Å²) in [7, 11) is 0. The fourth-order valence-electron chi connectivity index (χ4n) is 3.04. The fourth-order valence-corrected chi connectivity index (χ4v) is 3.04. The molecule has 0 aromatic heterocycles. The van der Waals surface area contributed by atoms with Crippen LogP contribution in [0.2, 0.25) is 0 Å². The lowest BCUT2D eigenvalue weighted by Crippen LogP contribution is -2.39. The number of rotatable bonds is 4. The van der Waals surface area contributed by atoms with Crippen molar-refractivity contribution in [3.05, 3.63) is 34.9 Å². The molecule has 1 aromatic carbocycles. The topological polar surface area (TPSA) is 66.4 Å². The van der Waals surface area contributed by atoms with Gasteiger partial charge >= 0.3 is 5.97 Å². The zero-order valence-electron chi connectivity index (χ0n) is 12.7. The molecule has 1 amide bonds. The minimum absolute atomic E-state index is 0.122. The number of aryl methyl sites for hydroxylation is 2. The first kappa shape index (κ1) is 15.5. The molecule has 0 bridgehead atoms. The Balaban J connectivity index is 2.00. The van der Waals surface area contributed by atoms with Gasteiger partial charge in [0.15, 0.2) is 0 Å². The summed E-state index contributed by atoms with van der Waals surface area (Å²) in [5, 5.41) is 12.2. The van der Waals surface area contributed by atoms with Gasteiger partial charge in [0.1, 0.15) is 0 Å². The minimum Gasteiger partial charge on any atom is -0.481 e. The summed E-state index contributed by atoms with van der Waals surface area (Å²) in [4.78, 5) is 23.6. The second-order valence-corrected chi connectivity index (χ2v) is 5.98. The normalized spacial score (nSPS) is 21.8. The molecule has 0 aliphatic heterocycles. The van der Waals surface area contributed by atoms with Crippen molar-refractivity contribution in [2.75, 3.05) is 0 Å². The van der Waals surface area contributed by atoms with Crippen LogP contribution >= 0.6 is 0 Å². The molecule has 1 fully saturated rings. The van der Waals surface area contributed by atoms with Gasteiger partial charge in [-0.2, -0.15) is 0 Å². The van der Waals surface area contributed by atoms with Gasteiger partial charge < -0.3 is 10.4 Å². The van der Waals surface area contributed by atoms with Crippen LogP contribution in [0.25, 0.3) is 0 Å². The maximum Gasteiger partial charge on any atom is 0.307 e. The number of hydrogen-bond acceptors (Lipinski definition) is 2. The quantitative estimate of drug-likeness (QED) is 0.895. The minimum atomic E-state index is -0.846. The molecule has 114 valence electrons. The van der Waals surface area contributed by atoms with Crippen LogP contribution in [0.3, 0.4) is 0 Å². The number of nitrogens with one attached hydrogen (secondary N) is 1. The molecule has 2 atom stereocenters. The Kier molecular flexibility index (Phi) is 4.99. The van der Waals surface area contributed by atoms with Crippen molar-refractivity contribution in [2.24, 2.45) is 11.8 Å². The number of hydrogen-bond donors (Lipinski definition) is 2. The Morgan fingerprint density at radius 2 is 1.86 bits per heavy atom. The molecule has 2 unspecified atom stereocenters. The van der Waals surface area contributed by atoms with Crippen molar-refractivity contribution in [3.8, 4) is 0 Å². The molecule has 0 spiro atoms. The van der Waals surface area contributed by atoms with Crippen LogP contribution in [-0.2, 0) is 16.1 Å². The van der Waals surface area contributed by atoms with Crippen LogP contribution in [-0.4, -0.2) is 17.0 Å². The Bertz CT molecular complexity index is 539. The molecule has 21 heavy (non-hydrogen) atoms. The third-order valence-electron chi connectivity index (χ3n) is 4.38. The van der Waals surface area contributed by atoms with Gasteiger partial charge in [-0.3, -0.25) is 9.59 Å². The zero-order chi connectivity index (χ0) is 15.4. The Morgan fingerprint density at radius 3 is 2.52 bits per heavy atom. The number of aliphatic carboxylic acids is 1. The predicted molar refractivity (Wildman–Crippen MR) is 80.8 cm³/mol. The SMILES string of the molecule is Cc1ccc(C)c(CNC(=O)C2CCCCC2C(=O)O)c1. The lowest BCUT2D eigenvalue weighted by atomic mass is 9.78. The average Bonchev–Trinajstić information content (AvgIpc) is 2.47. The first-order valence-electron chi connectivity index (χ1n) is 7.55. The highest BCUT2D eigenvalue weighted by molar-refractivity contribution is 5.84. The summed E-state index contributed by atoms with van der Waals surface area (Å²) in [6.07, 6.45) is 3.12. The van der Waals surface area contributed by atoms with Crippen LogP contribution in [0.5, 0.6) is 0 Å².